The van der Waals surface area contributed by atoms with Crippen LogP contribution in [0.1, 0.15) is 27.6 Å². The fourth-order valence-corrected chi connectivity index (χ4v) is 5.02. The van der Waals surface area contributed by atoms with Crippen LogP contribution in [0.5, 0.6) is 0 Å². The molecule has 4 rings (SSSR count). The standard InChI is InChI=1S/C29H23F3N2O5S/c1-34(24-15-6-3-7-16-24)40(37,38)25-17-8-12-21(18-25)28(36)39-26(20-10-4-2-5-11-20)27(35)33-23-14-9-13-22(19-23)29(30,31)32/h2-19,26H,1H3,(H,33,35)/t26-/m0/s1. The number of carbonyl (C=O) groups excluding carboxylic acids is 2. The summed E-state index contributed by atoms with van der Waals surface area (Å²) in [5, 5.41) is 2.36. The summed E-state index contributed by atoms with van der Waals surface area (Å²) in [5.41, 5.74) is -0.583. The number of amides is 1. The van der Waals surface area contributed by atoms with Crippen molar-refractivity contribution >= 4 is 33.3 Å². The first kappa shape index (κ1) is 28.4. The molecule has 0 aliphatic rings. The first-order valence-corrected chi connectivity index (χ1v) is 13.3. The molecule has 0 unspecified atom stereocenters. The Hall–Kier alpha value is -4.64. The molecule has 206 valence electrons. The number of rotatable bonds is 8. The second-order valence-electron chi connectivity index (χ2n) is 8.60. The molecular formula is C29H23F3N2O5S. The fourth-order valence-electron chi connectivity index (χ4n) is 3.78. The topological polar surface area (TPSA) is 92.8 Å². The summed E-state index contributed by atoms with van der Waals surface area (Å²) in [4.78, 5) is 26.1. The van der Waals surface area contributed by atoms with Crippen molar-refractivity contribution < 1.29 is 35.9 Å². The van der Waals surface area contributed by atoms with Crippen LogP contribution in [-0.4, -0.2) is 27.3 Å². The van der Waals surface area contributed by atoms with E-state index >= 15 is 0 Å². The number of hydrogen-bond donors (Lipinski definition) is 1. The van der Waals surface area contributed by atoms with Gasteiger partial charge in [0.2, 0.25) is 6.10 Å². The quantitative estimate of drug-likeness (QED) is 0.261. The van der Waals surface area contributed by atoms with Crippen molar-refractivity contribution in [3.05, 3.63) is 126 Å². The Bertz CT molecular complexity index is 1610. The van der Waals surface area contributed by atoms with Crippen molar-refractivity contribution in [1.29, 1.82) is 0 Å². The number of esters is 1. The highest BCUT2D eigenvalue weighted by molar-refractivity contribution is 7.92. The van der Waals surface area contributed by atoms with Gasteiger partial charge in [-0.2, -0.15) is 13.2 Å². The van der Waals surface area contributed by atoms with E-state index in [1.165, 1.54) is 43.4 Å². The molecule has 1 N–H and O–H groups in total. The molecule has 0 aliphatic carbocycles. The number of hydrogen-bond acceptors (Lipinski definition) is 5. The molecule has 4 aromatic carbocycles. The molecule has 0 saturated carbocycles. The van der Waals surface area contributed by atoms with E-state index in [0.717, 1.165) is 28.6 Å². The average molecular weight is 569 g/mol. The Morgan fingerprint density at radius 1 is 0.825 bits per heavy atom. The van der Waals surface area contributed by atoms with Gasteiger partial charge >= 0.3 is 12.1 Å². The highest BCUT2D eigenvalue weighted by Gasteiger charge is 2.31. The number of nitrogens with zero attached hydrogens (tertiary/aromatic N) is 1. The summed E-state index contributed by atoms with van der Waals surface area (Å²) in [6.07, 6.45) is -6.16. The molecule has 11 heteroatoms. The summed E-state index contributed by atoms with van der Waals surface area (Å²) in [6, 6.07) is 25.4. The monoisotopic (exact) mass is 568 g/mol. The summed E-state index contributed by atoms with van der Waals surface area (Å²) in [6.45, 7) is 0. The molecule has 1 atom stereocenters. The van der Waals surface area contributed by atoms with Crippen LogP contribution in [0.3, 0.4) is 0 Å². The highest BCUT2D eigenvalue weighted by Crippen LogP contribution is 2.31. The summed E-state index contributed by atoms with van der Waals surface area (Å²) in [7, 11) is -2.67. The minimum absolute atomic E-state index is 0.143. The molecule has 0 fully saturated rings. The maximum absolute atomic E-state index is 13.2. The number of nitrogens with one attached hydrogen (secondary N) is 1. The zero-order valence-corrected chi connectivity index (χ0v) is 21.8. The van der Waals surface area contributed by atoms with Crippen LogP contribution >= 0.6 is 0 Å². The lowest BCUT2D eigenvalue weighted by Crippen LogP contribution is -2.27. The van der Waals surface area contributed by atoms with Crippen molar-refractivity contribution in [3.8, 4) is 0 Å². The zero-order chi connectivity index (χ0) is 28.9. The fraction of sp³-hybridized carbons (Fsp3) is 0.103. The minimum atomic E-state index is -4.62. The second-order valence-corrected chi connectivity index (χ2v) is 10.6. The van der Waals surface area contributed by atoms with Crippen LogP contribution < -0.4 is 9.62 Å². The molecular weight excluding hydrogens is 545 g/mol. The van der Waals surface area contributed by atoms with Crippen molar-refractivity contribution in [2.45, 2.75) is 17.2 Å². The highest BCUT2D eigenvalue weighted by atomic mass is 32.2. The van der Waals surface area contributed by atoms with E-state index in [4.69, 9.17) is 4.74 Å². The van der Waals surface area contributed by atoms with Gasteiger partial charge in [-0.1, -0.05) is 60.7 Å². The van der Waals surface area contributed by atoms with Crippen molar-refractivity contribution in [3.63, 3.8) is 0 Å². The Balaban J connectivity index is 1.60. The van der Waals surface area contributed by atoms with Gasteiger partial charge in [-0.15, -0.1) is 0 Å². The Morgan fingerprint density at radius 2 is 1.45 bits per heavy atom. The Labute approximate surface area is 228 Å². The predicted octanol–water partition coefficient (Wildman–Crippen LogP) is 6.07. The average Bonchev–Trinajstić information content (AvgIpc) is 2.96. The second kappa shape index (κ2) is 11.6. The summed E-state index contributed by atoms with van der Waals surface area (Å²) < 4.78 is 72.3. The molecule has 1 amide bonds. The van der Waals surface area contributed by atoms with Gasteiger partial charge in [0.1, 0.15) is 0 Å². The molecule has 0 spiro atoms. The van der Waals surface area contributed by atoms with Gasteiger partial charge in [-0.3, -0.25) is 9.10 Å². The summed E-state index contributed by atoms with van der Waals surface area (Å²) in [5.74, 6) is -1.90. The van der Waals surface area contributed by atoms with E-state index in [9.17, 15) is 31.2 Å². The molecule has 7 nitrogen and oxygen atoms in total. The number of halogens is 3. The molecule has 0 saturated heterocycles. The molecule has 0 bridgehead atoms. The Morgan fingerprint density at radius 3 is 2.10 bits per heavy atom. The zero-order valence-electron chi connectivity index (χ0n) is 21.0. The lowest BCUT2D eigenvalue weighted by Gasteiger charge is -2.20. The molecule has 40 heavy (non-hydrogen) atoms. The number of anilines is 2. The van der Waals surface area contributed by atoms with Crippen LogP contribution in [0.4, 0.5) is 24.5 Å². The number of sulfonamides is 1. The number of alkyl halides is 3. The largest absolute Gasteiger partial charge is 0.444 e. The van der Waals surface area contributed by atoms with Gasteiger partial charge in [0, 0.05) is 18.3 Å². The molecule has 0 aliphatic heterocycles. The van der Waals surface area contributed by atoms with Crippen molar-refractivity contribution in [2.24, 2.45) is 0 Å². The first-order chi connectivity index (χ1) is 19.0. The number of ether oxygens (including phenoxy) is 1. The van der Waals surface area contributed by atoms with E-state index in [0.29, 0.717) is 5.69 Å². The lowest BCUT2D eigenvalue weighted by molar-refractivity contribution is -0.137. The van der Waals surface area contributed by atoms with Crippen LogP contribution in [0.15, 0.2) is 114 Å². The maximum Gasteiger partial charge on any atom is 0.416 e. The van der Waals surface area contributed by atoms with E-state index in [1.807, 2.05) is 0 Å². The number of carbonyl (C=O) groups is 2. The third-order valence-electron chi connectivity index (χ3n) is 5.87. The maximum atomic E-state index is 13.2. The van der Waals surface area contributed by atoms with E-state index in [-0.39, 0.29) is 21.7 Å². The van der Waals surface area contributed by atoms with Gasteiger partial charge in [-0.25, -0.2) is 13.2 Å². The number of para-hydroxylation sites is 1. The minimum Gasteiger partial charge on any atom is -0.444 e. The lowest BCUT2D eigenvalue weighted by atomic mass is 10.1. The van der Waals surface area contributed by atoms with E-state index < -0.39 is 39.7 Å². The molecule has 0 heterocycles. The molecule has 0 aromatic heterocycles. The normalized spacial score (nSPS) is 12.3. The van der Waals surface area contributed by atoms with Crippen LogP contribution in [0.25, 0.3) is 0 Å². The first-order valence-electron chi connectivity index (χ1n) is 11.8. The van der Waals surface area contributed by atoms with Crippen LogP contribution in [0.2, 0.25) is 0 Å². The van der Waals surface area contributed by atoms with E-state index in [1.54, 1.807) is 48.5 Å². The molecule has 0 radical (unpaired) electrons. The summed E-state index contributed by atoms with van der Waals surface area (Å²) >= 11 is 0. The smallest absolute Gasteiger partial charge is 0.416 e. The SMILES string of the molecule is CN(c1ccccc1)S(=O)(=O)c1cccc(C(=O)O[C@H](C(=O)Nc2cccc(C(F)(F)F)c2)c2ccccc2)c1. The van der Waals surface area contributed by atoms with Crippen molar-refractivity contribution in [1.82, 2.24) is 0 Å². The van der Waals surface area contributed by atoms with E-state index in [2.05, 4.69) is 5.32 Å². The van der Waals surface area contributed by atoms with Crippen molar-refractivity contribution in [2.75, 3.05) is 16.7 Å². The van der Waals surface area contributed by atoms with Gasteiger partial charge in [0.25, 0.3) is 15.9 Å². The molecule has 4 aromatic rings. The number of benzene rings is 4. The predicted molar refractivity (Wildman–Crippen MR) is 143 cm³/mol. The van der Waals surface area contributed by atoms with Gasteiger partial charge < -0.3 is 10.1 Å². The van der Waals surface area contributed by atoms with Crippen LogP contribution in [-0.2, 0) is 25.7 Å². The third-order valence-corrected chi connectivity index (χ3v) is 7.65. The van der Waals surface area contributed by atoms with Gasteiger partial charge in [0.15, 0.2) is 0 Å². The van der Waals surface area contributed by atoms with Crippen LogP contribution in [0, 0.1) is 0 Å². The van der Waals surface area contributed by atoms with Gasteiger partial charge in [-0.05, 0) is 48.5 Å². The van der Waals surface area contributed by atoms with Gasteiger partial charge in [0.05, 0.1) is 21.7 Å². The third kappa shape index (κ3) is 6.49. The Kier molecular flexibility index (Phi) is 8.24.